The molecule has 0 aromatic heterocycles. The van der Waals surface area contributed by atoms with Crippen molar-refractivity contribution in [2.75, 3.05) is 13.2 Å². The molecule has 0 bridgehead atoms. The zero-order valence-corrected chi connectivity index (χ0v) is 12.7. The maximum atomic E-state index is 6.57. The zero-order valence-electron chi connectivity index (χ0n) is 12.7. The van der Waals surface area contributed by atoms with E-state index in [-0.39, 0.29) is 23.6 Å². The molecule has 0 atom stereocenters. The van der Waals surface area contributed by atoms with Gasteiger partial charge in [0.1, 0.15) is 0 Å². The van der Waals surface area contributed by atoms with Crippen LogP contribution in [0.2, 0.25) is 5.31 Å². The van der Waals surface area contributed by atoms with Crippen LogP contribution in [0.4, 0.5) is 0 Å². The molecule has 3 nitrogen and oxygen atoms in total. The summed E-state index contributed by atoms with van der Waals surface area (Å²) in [6.45, 7) is 8.29. The highest BCUT2D eigenvalue weighted by Gasteiger charge is 2.63. The van der Waals surface area contributed by atoms with Gasteiger partial charge in [-0.05, 0) is 18.2 Å². The van der Waals surface area contributed by atoms with Crippen molar-refractivity contribution in [1.82, 2.24) is 0 Å². The van der Waals surface area contributed by atoms with E-state index in [2.05, 4.69) is 20.8 Å². The quantitative estimate of drug-likeness (QED) is 0.627. The smallest absolute Gasteiger partial charge is 0.402 e. The molecule has 2 saturated heterocycles. The van der Waals surface area contributed by atoms with Gasteiger partial charge >= 0.3 is 7.12 Å². The molecular formula is C15H27BO3. The van der Waals surface area contributed by atoms with Crippen LogP contribution in [0.5, 0.6) is 0 Å². The van der Waals surface area contributed by atoms with Gasteiger partial charge in [0, 0.05) is 26.1 Å². The molecule has 2 spiro atoms. The van der Waals surface area contributed by atoms with Crippen molar-refractivity contribution in [3.05, 3.63) is 0 Å². The molecule has 3 aliphatic rings. The number of fused-ring (bicyclic) bond motifs is 1. The third kappa shape index (κ3) is 2.26. The van der Waals surface area contributed by atoms with Crippen LogP contribution in [-0.2, 0) is 14.0 Å². The molecule has 0 aromatic carbocycles. The van der Waals surface area contributed by atoms with E-state index in [9.17, 15) is 0 Å². The Morgan fingerprint density at radius 3 is 1.84 bits per heavy atom. The summed E-state index contributed by atoms with van der Waals surface area (Å²) in [7, 11) is -0.0660. The van der Waals surface area contributed by atoms with Crippen molar-refractivity contribution in [2.45, 2.75) is 82.2 Å². The number of rotatable bonds is 0. The molecule has 1 saturated carbocycles. The lowest BCUT2D eigenvalue weighted by Crippen LogP contribution is -2.55. The summed E-state index contributed by atoms with van der Waals surface area (Å²) in [5.74, 6) is 0. The van der Waals surface area contributed by atoms with Crippen LogP contribution in [0, 0.1) is 0 Å². The SMILES string of the molecule is CC(C)(C)B1OC2(CCCCC2)C2(CCOCC2)O1. The van der Waals surface area contributed by atoms with Crippen LogP contribution in [-0.4, -0.2) is 31.5 Å². The summed E-state index contributed by atoms with van der Waals surface area (Å²) in [5.41, 5.74) is -0.114. The predicted octanol–water partition coefficient (Wildman–Crippen LogP) is 3.57. The van der Waals surface area contributed by atoms with E-state index in [1.165, 1.54) is 32.1 Å². The summed E-state index contributed by atoms with van der Waals surface area (Å²) in [4.78, 5) is 0. The minimum atomic E-state index is -0.0797. The van der Waals surface area contributed by atoms with Crippen LogP contribution in [0.25, 0.3) is 0 Å². The molecular weight excluding hydrogens is 239 g/mol. The lowest BCUT2D eigenvalue weighted by molar-refractivity contribution is -0.125. The van der Waals surface area contributed by atoms with Crippen molar-refractivity contribution in [2.24, 2.45) is 0 Å². The molecule has 19 heavy (non-hydrogen) atoms. The minimum Gasteiger partial charge on any atom is -0.402 e. The Kier molecular flexibility index (Phi) is 3.47. The van der Waals surface area contributed by atoms with Crippen molar-refractivity contribution >= 4 is 7.12 Å². The lowest BCUT2D eigenvalue weighted by Gasteiger charge is -2.48. The first-order valence-electron chi connectivity index (χ1n) is 7.91. The summed E-state index contributed by atoms with van der Waals surface area (Å²) < 4.78 is 18.7. The Bertz CT molecular complexity index is 299. The average molecular weight is 266 g/mol. The number of ether oxygens (including phenoxy) is 1. The van der Waals surface area contributed by atoms with Gasteiger partial charge in [-0.3, -0.25) is 0 Å². The fourth-order valence-electron chi connectivity index (χ4n) is 3.97. The third-order valence-corrected chi connectivity index (χ3v) is 5.16. The standard InChI is InChI=1S/C15H27BO3/c1-13(2,3)16-18-14(7-5-4-6-8-14)15(19-16)9-11-17-12-10-15/h4-12H2,1-3H3. The fraction of sp³-hybridized carbons (Fsp3) is 1.00. The number of hydrogen-bond donors (Lipinski definition) is 0. The maximum absolute atomic E-state index is 6.57. The Morgan fingerprint density at radius 2 is 1.32 bits per heavy atom. The van der Waals surface area contributed by atoms with Crippen molar-refractivity contribution in [3.8, 4) is 0 Å². The largest absolute Gasteiger partial charge is 0.463 e. The molecule has 0 aromatic rings. The summed E-state index contributed by atoms with van der Waals surface area (Å²) in [6, 6.07) is 0. The van der Waals surface area contributed by atoms with Gasteiger partial charge in [0.15, 0.2) is 0 Å². The van der Waals surface area contributed by atoms with Crippen molar-refractivity contribution in [1.29, 1.82) is 0 Å². The Balaban J connectivity index is 1.90. The van der Waals surface area contributed by atoms with E-state index in [1.54, 1.807) is 0 Å². The second kappa shape index (κ2) is 4.75. The Labute approximate surface area is 117 Å². The van der Waals surface area contributed by atoms with Crippen LogP contribution < -0.4 is 0 Å². The van der Waals surface area contributed by atoms with Crippen LogP contribution in [0.15, 0.2) is 0 Å². The van der Waals surface area contributed by atoms with Gasteiger partial charge < -0.3 is 14.0 Å². The lowest BCUT2D eigenvalue weighted by atomic mass is 9.61. The zero-order chi connectivity index (χ0) is 13.6. The third-order valence-electron chi connectivity index (χ3n) is 5.16. The second-order valence-corrected chi connectivity index (χ2v) is 7.60. The van der Waals surface area contributed by atoms with Gasteiger partial charge in [-0.15, -0.1) is 0 Å². The van der Waals surface area contributed by atoms with Gasteiger partial charge in [0.05, 0.1) is 11.2 Å². The van der Waals surface area contributed by atoms with E-state index < -0.39 is 0 Å². The molecule has 108 valence electrons. The molecule has 4 heteroatoms. The Morgan fingerprint density at radius 1 is 0.789 bits per heavy atom. The van der Waals surface area contributed by atoms with E-state index >= 15 is 0 Å². The first kappa shape index (κ1) is 13.9. The topological polar surface area (TPSA) is 27.7 Å². The first-order chi connectivity index (χ1) is 8.98. The molecule has 0 radical (unpaired) electrons. The van der Waals surface area contributed by atoms with Gasteiger partial charge in [0.25, 0.3) is 0 Å². The highest BCUT2D eigenvalue weighted by atomic mass is 16.7. The maximum Gasteiger partial charge on any atom is 0.463 e. The normalized spacial score (nSPS) is 30.2. The van der Waals surface area contributed by atoms with Crippen molar-refractivity contribution in [3.63, 3.8) is 0 Å². The van der Waals surface area contributed by atoms with Crippen LogP contribution in [0.3, 0.4) is 0 Å². The molecule has 2 heterocycles. The molecule has 3 fully saturated rings. The van der Waals surface area contributed by atoms with E-state index in [0.29, 0.717) is 0 Å². The highest BCUT2D eigenvalue weighted by Crippen LogP contribution is 2.54. The summed E-state index contributed by atoms with van der Waals surface area (Å²) >= 11 is 0. The highest BCUT2D eigenvalue weighted by molar-refractivity contribution is 6.49. The van der Waals surface area contributed by atoms with Crippen LogP contribution in [0.1, 0.15) is 65.7 Å². The average Bonchev–Trinajstić information content (AvgIpc) is 2.66. The molecule has 0 N–H and O–H groups in total. The van der Waals surface area contributed by atoms with Crippen molar-refractivity contribution < 1.29 is 14.0 Å². The van der Waals surface area contributed by atoms with E-state index in [1.807, 2.05) is 0 Å². The van der Waals surface area contributed by atoms with Gasteiger partial charge in [-0.2, -0.15) is 0 Å². The van der Waals surface area contributed by atoms with Crippen LogP contribution >= 0.6 is 0 Å². The summed E-state index contributed by atoms with van der Waals surface area (Å²) in [6.07, 6.45) is 8.24. The summed E-state index contributed by atoms with van der Waals surface area (Å²) in [5, 5.41) is 0.0479. The second-order valence-electron chi connectivity index (χ2n) is 7.60. The molecule has 2 aliphatic heterocycles. The van der Waals surface area contributed by atoms with Gasteiger partial charge in [-0.25, -0.2) is 0 Å². The number of hydrogen-bond acceptors (Lipinski definition) is 3. The molecule has 0 unspecified atom stereocenters. The fourth-order valence-corrected chi connectivity index (χ4v) is 3.97. The predicted molar refractivity (Wildman–Crippen MR) is 76.2 cm³/mol. The monoisotopic (exact) mass is 266 g/mol. The van der Waals surface area contributed by atoms with E-state index in [4.69, 9.17) is 14.0 Å². The minimum absolute atomic E-state index is 0.0347. The van der Waals surface area contributed by atoms with E-state index in [0.717, 1.165) is 26.1 Å². The van der Waals surface area contributed by atoms with Gasteiger partial charge in [0.2, 0.25) is 0 Å². The molecule has 0 amide bonds. The first-order valence-corrected chi connectivity index (χ1v) is 7.91. The Hall–Kier alpha value is -0.0551. The molecule has 3 rings (SSSR count). The van der Waals surface area contributed by atoms with Gasteiger partial charge in [-0.1, -0.05) is 40.0 Å². The molecule has 1 aliphatic carbocycles.